The van der Waals surface area contributed by atoms with Crippen LogP contribution in [-0.4, -0.2) is 24.4 Å². The topological polar surface area (TPSA) is 112 Å². The number of fused-ring (bicyclic) bond motifs is 1. The zero-order valence-corrected chi connectivity index (χ0v) is 11.0. The summed E-state index contributed by atoms with van der Waals surface area (Å²) in [6, 6.07) is 4.20. The van der Waals surface area contributed by atoms with Crippen LogP contribution in [0.4, 0.5) is 5.69 Å². The van der Waals surface area contributed by atoms with Crippen molar-refractivity contribution in [1.82, 2.24) is 10.2 Å². The average Bonchev–Trinajstić information content (AvgIpc) is 2.33. The van der Waals surface area contributed by atoms with Crippen LogP contribution in [0.5, 0.6) is 0 Å². The maximum Gasteiger partial charge on any atom is 0.270 e. The molecule has 0 fully saturated rings. The van der Waals surface area contributed by atoms with E-state index in [2.05, 4.69) is 14.9 Å². The fourth-order valence-electron chi connectivity index (χ4n) is 1.74. The van der Waals surface area contributed by atoms with Crippen LogP contribution in [0.3, 0.4) is 0 Å². The summed E-state index contributed by atoms with van der Waals surface area (Å²) in [6.45, 7) is 1.75. The molecule has 0 saturated carbocycles. The van der Waals surface area contributed by atoms with Crippen molar-refractivity contribution in [3.05, 3.63) is 38.9 Å². The normalized spacial score (nSPS) is 11.6. The number of benzene rings is 1. The molecule has 2 aromatic rings. The molecule has 0 unspecified atom stereocenters. The van der Waals surface area contributed by atoms with E-state index >= 15 is 0 Å². The zero-order valence-electron chi connectivity index (χ0n) is 10.2. The average molecular weight is 283 g/mol. The number of rotatable bonds is 4. The Kier molecular flexibility index (Phi) is 3.43. The maximum absolute atomic E-state index is 11.6. The van der Waals surface area contributed by atoms with Crippen molar-refractivity contribution in [2.75, 3.05) is 10.5 Å². The first kappa shape index (κ1) is 13.3. The summed E-state index contributed by atoms with van der Waals surface area (Å²) >= 11 is 0. The molecule has 0 aliphatic heterocycles. The smallest absolute Gasteiger partial charge is 0.270 e. The van der Waals surface area contributed by atoms with Gasteiger partial charge in [0.1, 0.15) is 0 Å². The van der Waals surface area contributed by atoms with E-state index < -0.39 is 21.1 Å². The van der Waals surface area contributed by atoms with E-state index in [1.807, 2.05) is 0 Å². The molecular formula is C11H13N3O4S. The van der Waals surface area contributed by atoms with E-state index in [-0.39, 0.29) is 22.2 Å². The molecule has 1 aromatic heterocycles. The standard InChI is InChI=1S/C11H13N3O4S/c1-2-5-19(17,18)14-7-3-4-8-9(6-7)11(16)13-12-10(8)15/h3-4,6,14H,2,5H2,1H3,(H,12,15)(H,13,16). The Hall–Kier alpha value is -2.09. The Morgan fingerprint density at radius 1 is 1.11 bits per heavy atom. The predicted octanol–water partition coefficient (Wildman–Crippen LogP) is 0.368. The summed E-state index contributed by atoms with van der Waals surface area (Å²) in [6.07, 6.45) is 0.489. The molecule has 19 heavy (non-hydrogen) atoms. The first-order valence-corrected chi connectivity index (χ1v) is 7.33. The number of hydrogen-bond donors (Lipinski definition) is 3. The molecule has 0 aliphatic rings. The van der Waals surface area contributed by atoms with E-state index in [0.29, 0.717) is 6.42 Å². The molecule has 0 atom stereocenters. The van der Waals surface area contributed by atoms with E-state index in [0.717, 1.165) is 0 Å². The minimum Gasteiger partial charge on any atom is -0.284 e. The Morgan fingerprint density at radius 2 is 1.74 bits per heavy atom. The van der Waals surface area contributed by atoms with Gasteiger partial charge in [-0.25, -0.2) is 8.42 Å². The van der Waals surface area contributed by atoms with Crippen LogP contribution in [-0.2, 0) is 10.0 Å². The van der Waals surface area contributed by atoms with Gasteiger partial charge >= 0.3 is 0 Å². The summed E-state index contributed by atoms with van der Waals surface area (Å²) in [7, 11) is -3.42. The lowest BCUT2D eigenvalue weighted by molar-refractivity contribution is 0.600. The van der Waals surface area contributed by atoms with Crippen molar-refractivity contribution in [2.45, 2.75) is 13.3 Å². The van der Waals surface area contributed by atoms with Crippen molar-refractivity contribution in [3.63, 3.8) is 0 Å². The SMILES string of the molecule is CCCS(=O)(=O)Nc1ccc2c(=O)[nH][nH]c(=O)c2c1. The van der Waals surface area contributed by atoms with Gasteiger partial charge in [-0.05, 0) is 24.6 Å². The van der Waals surface area contributed by atoms with E-state index in [1.165, 1.54) is 18.2 Å². The molecule has 1 heterocycles. The van der Waals surface area contributed by atoms with Gasteiger partial charge in [-0.3, -0.25) is 24.5 Å². The molecular weight excluding hydrogens is 270 g/mol. The highest BCUT2D eigenvalue weighted by atomic mass is 32.2. The Balaban J connectivity index is 2.51. The van der Waals surface area contributed by atoms with E-state index in [9.17, 15) is 18.0 Å². The lowest BCUT2D eigenvalue weighted by Crippen LogP contribution is -2.20. The minimum atomic E-state index is -3.42. The quantitative estimate of drug-likeness (QED) is 0.752. The minimum absolute atomic E-state index is 0.00321. The summed E-state index contributed by atoms with van der Waals surface area (Å²) < 4.78 is 25.6. The lowest BCUT2D eigenvalue weighted by Gasteiger charge is -2.07. The largest absolute Gasteiger partial charge is 0.284 e. The molecule has 0 amide bonds. The number of aromatic amines is 2. The van der Waals surface area contributed by atoms with Gasteiger partial charge in [-0.1, -0.05) is 6.92 Å². The zero-order chi connectivity index (χ0) is 14.0. The summed E-state index contributed by atoms with van der Waals surface area (Å²) in [4.78, 5) is 23.0. The summed E-state index contributed by atoms with van der Waals surface area (Å²) in [5, 5.41) is 4.74. The molecule has 3 N–H and O–H groups in total. The van der Waals surface area contributed by atoms with Gasteiger partial charge in [0.2, 0.25) is 10.0 Å². The van der Waals surface area contributed by atoms with Crippen LogP contribution in [0.15, 0.2) is 27.8 Å². The number of hydrogen-bond acceptors (Lipinski definition) is 4. The van der Waals surface area contributed by atoms with Gasteiger partial charge in [-0.15, -0.1) is 0 Å². The highest BCUT2D eigenvalue weighted by molar-refractivity contribution is 7.92. The van der Waals surface area contributed by atoms with Gasteiger partial charge < -0.3 is 0 Å². The fraction of sp³-hybridized carbons (Fsp3) is 0.273. The number of aromatic nitrogens is 2. The van der Waals surface area contributed by atoms with Crippen molar-refractivity contribution in [2.24, 2.45) is 0 Å². The third kappa shape index (κ3) is 2.84. The number of H-pyrrole nitrogens is 2. The highest BCUT2D eigenvalue weighted by Crippen LogP contribution is 2.14. The van der Waals surface area contributed by atoms with Crippen LogP contribution in [0.1, 0.15) is 13.3 Å². The third-order valence-electron chi connectivity index (χ3n) is 2.54. The van der Waals surface area contributed by atoms with Gasteiger partial charge in [0.05, 0.1) is 16.5 Å². The van der Waals surface area contributed by atoms with Crippen LogP contribution >= 0.6 is 0 Å². The summed E-state index contributed by atoms with van der Waals surface area (Å²) in [5.41, 5.74) is -0.652. The summed E-state index contributed by atoms with van der Waals surface area (Å²) in [5.74, 6) is -0.00321. The van der Waals surface area contributed by atoms with Gasteiger partial charge in [-0.2, -0.15) is 0 Å². The van der Waals surface area contributed by atoms with Gasteiger partial charge in [0.15, 0.2) is 0 Å². The third-order valence-corrected chi connectivity index (χ3v) is 4.04. The molecule has 0 aliphatic carbocycles. The second-order valence-electron chi connectivity index (χ2n) is 4.09. The van der Waals surface area contributed by atoms with Gasteiger partial charge in [0.25, 0.3) is 11.1 Å². The lowest BCUT2D eigenvalue weighted by atomic mass is 10.2. The maximum atomic E-state index is 11.6. The Morgan fingerprint density at radius 3 is 2.37 bits per heavy atom. The Bertz CT molecular complexity index is 820. The highest BCUT2D eigenvalue weighted by Gasteiger charge is 2.10. The van der Waals surface area contributed by atoms with E-state index in [4.69, 9.17) is 0 Å². The molecule has 0 spiro atoms. The number of anilines is 1. The monoisotopic (exact) mass is 283 g/mol. The number of sulfonamides is 1. The molecule has 8 heteroatoms. The van der Waals surface area contributed by atoms with Crippen molar-refractivity contribution < 1.29 is 8.42 Å². The molecule has 1 aromatic carbocycles. The van der Waals surface area contributed by atoms with Crippen LogP contribution in [0.2, 0.25) is 0 Å². The van der Waals surface area contributed by atoms with Crippen LogP contribution in [0.25, 0.3) is 10.8 Å². The number of nitrogens with one attached hydrogen (secondary N) is 3. The molecule has 0 saturated heterocycles. The molecule has 0 radical (unpaired) electrons. The van der Waals surface area contributed by atoms with E-state index in [1.54, 1.807) is 6.92 Å². The molecule has 0 bridgehead atoms. The van der Waals surface area contributed by atoms with Crippen LogP contribution < -0.4 is 15.8 Å². The van der Waals surface area contributed by atoms with Crippen LogP contribution in [0, 0.1) is 0 Å². The van der Waals surface area contributed by atoms with Crippen molar-refractivity contribution >= 4 is 26.5 Å². The van der Waals surface area contributed by atoms with Crippen molar-refractivity contribution in [3.8, 4) is 0 Å². The fourth-order valence-corrected chi connectivity index (χ4v) is 2.87. The molecule has 7 nitrogen and oxygen atoms in total. The van der Waals surface area contributed by atoms with Crippen molar-refractivity contribution in [1.29, 1.82) is 0 Å². The second-order valence-corrected chi connectivity index (χ2v) is 5.93. The second kappa shape index (κ2) is 4.88. The first-order chi connectivity index (χ1) is 8.93. The Labute approximate surface area is 108 Å². The predicted molar refractivity (Wildman–Crippen MR) is 72.9 cm³/mol. The first-order valence-electron chi connectivity index (χ1n) is 5.68. The molecule has 102 valence electrons. The molecule has 2 rings (SSSR count). The van der Waals surface area contributed by atoms with Gasteiger partial charge in [0, 0.05) is 5.69 Å².